The normalized spacial score (nSPS) is 13.2. The average Bonchev–Trinajstić information content (AvgIpc) is 2.46. The number of rotatable bonds is 7. The van der Waals surface area contributed by atoms with Crippen LogP contribution in [-0.2, 0) is 16.0 Å². The molecule has 0 fully saturated rings. The summed E-state index contributed by atoms with van der Waals surface area (Å²) in [6.45, 7) is 3.76. The van der Waals surface area contributed by atoms with Crippen LogP contribution in [0.25, 0.3) is 0 Å². The van der Waals surface area contributed by atoms with Crippen LogP contribution in [0.15, 0.2) is 24.3 Å². The van der Waals surface area contributed by atoms with E-state index in [9.17, 15) is 14.7 Å². The van der Waals surface area contributed by atoms with Gasteiger partial charge in [-0.15, -0.1) is 0 Å². The van der Waals surface area contributed by atoms with Gasteiger partial charge in [-0.25, -0.2) is 0 Å². The molecule has 0 spiro atoms. The fourth-order valence-electron chi connectivity index (χ4n) is 2.07. The lowest BCUT2D eigenvalue weighted by molar-refractivity contribution is -0.133. The lowest BCUT2D eigenvalue weighted by atomic mass is 9.99. The first-order chi connectivity index (χ1) is 10.3. The number of nitrogens with two attached hydrogens (primary N) is 1. The number of carbonyl (C=O) groups excluding carboxylic acids is 2. The van der Waals surface area contributed by atoms with Gasteiger partial charge >= 0.3 is 0 Å². The van der Waals surface area contributed by atoms with Crippen molar-refractivity contribution < 1.29 is 14.7 Å². The number of aliphatic hydroxyl groups excluding tert-OH is 1. The monoisotopic (exact) mass is 303 g/mol. The van der Waals surface area contributed by atoms with Crippen LogP contribution in [0.1, 0.15) is 31.4 Å². The van der Waals surface area contributed by atoms with Crippen LogP contribution in [0.2, 0.25) is 0 Å². The van der Waals surface area contributed by atoms with Crippen LogP contribution >= 0.6 is 0 Å². The molecule has 2 amide bonds. The second kappa shape index (κ2) is 8.15. The van der Waals surface area contributed by atoms with Crippen molar-refractivity contribution in [1.82, 2.24) is 5.32 Å². The third-order valence-corrected chi connectivity index (χ3v) is 3.22. The minimum absolute atomic E-state index is 0.110. The molecule has 1 rings (SSSR count). The second-order valence-electron chi connectivity index (χ2n) is 5.58. The Morgan fingerprint density at radius 1 is 1.36 bits per heavy atom. The molecule has 0 saturated heterocycles. The summed E-state index contributed by atoms with van der Waals surface area (Å²) in [6, 6.07) is 7.84. The Balaban J connectivity index is 2.81. The number of nitrogens with zero attached hydrogens (tertiary/aromatic N) is 1. The lowest BCUT2D eigenvalue weighted by Crippen LogP contribution is -2.49. The summed E-state index contributed by atoms with van der Waals surface area (Å²) in [6.07, 6.45) is -0.779. The molecule has 0 aliphatic heterocycles. The highest BCUT2D eigenvalue weighted by Crippen LogP contribution is 2.11. The molecule has 0 aliphatic rings. The number of nitriles is 1. The quantitative estimate of drug-likeness (QED) is 0.679. The number of primary amides is 1. The molecular formula is C16H21N3O3. The van der Waals surface area contributed by atoms with E-state index in [2.05, 4.69) is 5.32 Å². The van der Waals surface area contributed by atoms with Crippen molar-refractivity contribution in [2.24, 2.45) is 11.7 Å². The van der Waals surface area contributed by atoms with Crippen molar-refractivity contribution in [3.63, 3.8) is 0 Å². The van der Waals surface area contributed by atoms with Crippen molar-refractivity contribution in [2.75, 3.05) is 0 Å². The van der Waals surface area contributed by atoms with Crippen LogP contribution in [0.4, 0.5) is 0 Å². The zero-order valence-electron chi connectivity index (χ0n) is 12.7. The standard InChI is InChI=1S/C16H21N3O3/c1-10(2)7-14(20)16(22)19-13(15(18)21)8-11-5-3-4-6-12(11)9-17/h3-6,10,13-14,20H,7-8H2,1-2H3,(H2,18,21)(H,19,22)/t13-,14-/m1/s1. The molecule has 0 aromatic heterocycles. The summed E-state index contributed by atoms with van der Waals surface area (Å²) in [4.78, 5) is 23.4. The van der Waals surface area contributed by atoms with Gasteiger partial charge in [0.15, 0.2) is 0 Å². The zero-order chi connectivity index (χ0) is 16.7. The summed E-state index contributed by atoms with van der Waals surface area (Å²) in [5.74, 6) is -1.20. The summed E-state index contributed by atoms with van der Waals surface area (Å²) in [5.41, 5.74) is 6.35. The van der Waals surface area contributed by atoms with Gasteiger partial charge in [-0.1, -0.05) is 32.0 Å². The SMILES string of the molecule is CC(C)C[C@@H](O)C(=O)N[C@H](Cc1ccccc1C#N)C(N)=O. The molecule has 118 valence electrons. The molecule has 2 atom stereocenters. The van der Waals surface area contributed by atoms with Crippen LogP contribution in [0, 0.1) is 17.2 Å². The second-order valence-corrected chi connectivity index (χ2v) is 5.58. The fraction of sp³-hybridized carbons (Fsp3) is 0.438. The number of aliphatic hydroxyl groups is 1. The molecular weight excluding hydrogens is 282 g/mol. The Labute approximate surface area is 129 Å². The maximum atomic E-state index is 11.9. The highest BCUT2D eigenvalue weighted by Gasteiger charge is 2.24. The Morgan fingerprint density at radius 3 is 2.55 bits per heavy atom. The van der Waals surface area contributed by atoms with Crippen molar-refractivity contribution in [3.8, 4) is 6.07 Å². The average molecular weight is 303 g/mol. The minimum Gasteiger partial charge on any atom is -0.383 e. The summed E-state index contributed by atoms with van der Waals surface area (Å²) in [5, 5.41) is 21.3. The molecule has 6 heteroatoms. The molecule has 0 unspecified atom stereocenters. The van der Waals surface area contributed by atoms with Crippen molar-refractivity contribution in [2.45, 2.75) is 38.8 Å². The predicted octanol–water partition coefficient (Wildman–Crippen LogP) is 0.478. The largest absolute Gasteiger partial charge is 0.383 e. The van der Waals surface area contributed by atoms with Gasteiger partial charge in [-0.05, 0) is 24.0 Å². The van der Waals surface area contributed by atoms with E-state index in [-0.39, 0.29) is 12.3 Å². The van der Waals surface area contributed by atoms with Crippen molar-refractivity contribution >= 4 is 11.8 Å². The number of hydrogen-bond donors (Lipinski definition) is 3. The highest BCUT2D eigenvalue weighted by atomic mass is 16.3. The van der Waals surface area contributed by atoms with Crippen LogP contribution in [0.3, 0.4) is 0 Å². The van der Waals surface area contributed by atoms with E-state index in [1.165, 1.54) is 0 Å². The smallest absolute Gasteiger partial charge is 0.249 e. The van der Waals surface area contributed by atoms with E-state index in [4.69, 9.17) is 11.0 Å². The Bertz CT molecular complexity index is 578. The molecule has 1 aromatic carbocycles. The number of benzene rings is 1. The Kier molecular flexibility index (Phi) is 6.54. The zero-order valence-corrected chi connectivity index (χ0v) is 12.7. The molecule has 22 heavy (non-hydrogen) atoms. The third kappa shape index (κ3) is 5.19. The van der Waals surface area contributed by atoms with E-state index in [0.29, 0.717) is 17.5 Å². The van der Waals surface area contributed by atoms with E-state index < -0.39 is 24.0 Å². The van der Waals surface area contributed by atoms with Gasteiger partial charge in [-0.2, -0.15) is 5.26 Å². The number of amides is 2. The molecule has 0 aliphatic carbocycles. The topological polar surface area (TPSA) is 116 Å². The van der Waals surface area contributed by atoms with E-state index in [1.807, 2.05) is 19.9 Å². The van der Waals surface area contributed by atoms with Gasteiger partial charge < -0.3 is 16.2 Å². The molecule has 0 radical (unpaired) electrons. The molecule has 0 saturated carbocycles. The number of nitrogens with one attached hydrogen (secondary N) is 1. The van der Waals surface area contributed by atoms with Crippen LogP contribution in [0.5, 0.6) is 0 Å². The predicted molar refractivity (Wildman–Crippen MR) is 81.4 cm³/mol. The maximum absolute atomic E-state index is 11.9. The summed E-state index contributed by atoms with van der Waals surface area (Å²) >= 11 is 0. The van der Waals surface area contributed by atoms with Gasteiger partial charge in [0, 0.05) is 6.42 Å². The van der Waals surface area contributed by atoms with Crippen molar-refractivity contribution in [1.29, 1.82) is 5.26 Å². The van der Waals surface area contributed by atoms with E-state index in [0.717, 1.165) is 0 Å². The molecule has 0 heterocycles. The van der Waals surface area contributed by atoms with Crippen molar-refractivity contribution in [3.05, 3.63) is 35.4 Å². The Hall–Kier alpha value is -2.39. The van der Waals surface area contributed by atoms with Gasteiger partial charge in [0.05, 0.1) is 11.6 Å². The van der Waals surface area contributed by atoms with Crippen LogP contribution in [-0.4, -0.2) is 29.1 Å². The Morgan fingerprint density at radius 2 is 2.00 bits per heavy atom. The first-order valence-corrected chi connectivity index (χ1v) is 7.11. The summed E-state index contributed by atoms with van der Waals surface area (Å²) in [7, 11) is 0. The highest BCUT2D eigenvalue weighted by molar-refractivity contribution is 5.88. The van der Waals surface area contributed by atoms with Gasteiger partial charge in [0.25, 0.3) is 0 Å². The number of carbonyl (C=O) groups is 2. The van der Waals surface area contributed by atoms with Gasteiger partial charge in [0.2, 0.25) is 11.8 Å². The molecule has 4 N–H and O–H groups in total. The third-order valence-electron chi connectivity index (χ3n) is 3.22. The minimum atomic E-state index is -1.19. The van der Waals surface area contributed by atoms with E-state index >= 15 is 0 Å². The first kappa shape index (κ1) is 17.7. The fourth-order valence-corrected chi connectivity index (χ4v) is 2.07. The van der Waals surface area contributed by atoms with Gasteiger partial charge in [0.1, 0.15) is 12.1 Å². The van der Waals surface area contributed by atoms with Crippen LogP contribution < -0.4 is 11.1 Å². The molecule has 1 aromatic rings. The lowest BCUT2D eigenvalue weighted by Gasteiger charge is -2.19. The summed E-state index contributed by atoms with van der Waals surface area (Å²) < 4.78 is 0. The number of hydrogen-bond acceptors (Lipinski definition) is 4. The maximum Gasteiger partial charge on any atom is 0.249 e. The van der Waals surface area contributed by atoms with E-state index in [1.54, 1.807) is 24.3 Å². The molecule has 6 nitrogen and oxygen atoms in total. The molecule has 0 bridgehead atoms. The first-order valence-electron chi connectivity index (χ1n) is 7.11. The van der Waals surface area contributed by atoms with Gasteiger partial charge in [-0.3, -0.25) is 9.59 Å².